The number of para-hydroxylation sites is 2. The van der Waals surface area contributed by atoms with Gasteiger partial charge in [0.1, 0.15) is 11.2 Å². The fourth-order valence-corrected chi connectivity index (χ4v) is 9.00. The second kappa shape index (κ2) is 12.9. The smallest absolute Gasteiger partial charge is 0.167 e. The van der Waals surface area contributed by atoms with Crippen molar-refractivity contribution in [3.8, 4) is 67.5 Å². The molecule has 0 N–H and O–H groups in total. The van der Waals surface area contributed by atoms with Crippen LogP contribution in [0.15, 0.2) is 192 Å². The van der Waals surface area contributed by atoms with Gasteiger partial charge in [0.15, 0.2) is 17.5 Å². The first-order valence-corrected chi connectivity index (χ1v) is 19.7. The fourth-order valence-electron chi connectivity index (χ4n) is 9.00. The number of benzene rings is 9. The Bertz CT molecular complexity index is 3420. The molecule has 0 bridgehead atoms. The van der Waals surface area contributed by atoms with Gasteiger partial charge in [-0.05, 0) is 96.7 Å². The molecule has 0 aliphatic heterocycles. The summed E-state index contributed by atoms with van der Waals surface area (Å²) in [6.07, 6.45) is 0.920. The fraction of sp³-hybridized carbons (Fsp3) is 0.0185. The zero-order valence-electron chi connectivity index (χ0n) is 31.4. The van der Waals surface area contributed by atoms with Crippen LogP contribution < -0.4 is 0 Å². The number of furan rings is 1. The maximum atomic E-state index is 6.42. The molecule has 4 nitrogen and oxygen atoms in total. The molecule has 0 saturated carbocycles. The molecule has 0 saturated heterocycles. The Morgan fingerprint density at radius 2 is 0.966 bits per heavy atom. The third-order valence-electron chi connectivity index (χ3n) is 11.8. The molecular weight excluding hydrogens is 707 g/mol. The highest BCUT2D eigenvalue weighted by Crippen LogP contribution is 2.46. The molecule has 0 fully saturated rings. The third kappa shape index (κ3) is 5.19. The molecule has 1 aliphatic rings. The van der Waals surface area contributed by atoms with Gasteiger partial charge in [0.05, 0.1) is 5.56 Å². The Hall–Kier alpha value is -7.69. The lowest BCUT2D eigenvalue weighted by molar-refractivity contribution is 0.669. The van der Waals surface area contributed by atoms with Crippen LogP contribution in [-0.2, 0) is 6.42 Å². The van der Waals surface area contributed by atoms with E-state index in [1.165, 1.54) is 60.5 Å². The van der Waals surface area contributed by atoms with Crippen molar-refractivity contribution in [3.63, 3.8) is 0 Å². The van der Waals surface area contributed by atoms with Crippen molar-refractivity contribution in [2.45, 2.75) is 6.42 Å². The van der Waals surface area contributed by atoms with Gasteiger partial charge in [-0.2, -0.15) is 0 Å². The summed E-state index contributed by atoms with van der Waals surface area (Å²) < 4.78 is 6.42. The number of aromatic nitrogens is 3. The van der Waals surface area contributed by atoms with Crippen LogP contribution in [0.5, 0.6) is 0 Å². The molecule has 58 heavy (non-hydrogen) atoms. The Labute approximate surface area is 334 Å². The van der Waals surface area contributed by atoms with Crippen LogP contribution >= 0.6 is 0 Å². The molecule has 11 aromatic rings. The van der Waals surface area contributed by atoms with E-state index in [2.05, 4.69) is 127 Å². The molecular formula is C54H33N3O. The SMILES string of the molecule is c1ccc(-c2nc(-c3ccc(-c4cccc5c4-c4cc(-c6cc7ccccc7c7ccccc67)ccc4C5)cc3)nc(-c3cccc4c3oc3ccccc34)n2)cc1. The highest BCUT2D eigenvalue weighted by atomic mass is 16.3. The van der Waals surface area contributed by atoms with E-state index in [-0.39, 0.29) is 0 Å². The van der Waals surface area contributed by atoms with Crippen LogP contribution in [0.1, 0.15) is 11.1 Å². The molecule has 0 atom stereocenters. The van der Waals surface area contributed by atoms with Crippen LogP contribution in [0.4, 0.5) is 0 Å². The van der Waals surface area contributed by atoms with E-state index in [4.69, 9.17) is 19.4 Å². The van der Waals surface area contributed by atoms with Gasteiger partial charge in [-0.3, -0.25) is 0 Å². The molecule has 0 spiro atoms. The minimum atomic E-state index is 0.574. The Morgan fingerprint density at radius 3 is 1.81 bits per heavy atom. The molecule has 12 rings (SSSR count). The first kappa shape index (κ1) is 32.5. The summed E-state index contributed by atoms with van der Waals surface area (Å²) in [7, 11) is 0. The van der Waals surface area contributed by atoms with Crippen molar-refractivity contribution in [1.29, 1.82) is 0 Å². The summed E-state index contributed by atoms with van der Waals surface area (Å²) in [6.45, 7) is 0. The molecule has 0 unspecified atom stereocenters. The number of hydrogen-bond donors (Lipinski definition) is 0. The molecule has 0 radical (unpaired) electrons. The minimum Gasteiger partial charge on any atom is -0.455 e. The molecule has 2 heterocycles. The van der Waals surface area contributed by atoms with Crippen LogP contribution in [-0.4, -0.2) is 15.0 Å². The second-order valence-corrected chi connectivity index (χ2v) is 15.1. The highest BCUT2D eigenvalue weighted by molar-refractivity contribution is 6.14. The van der Waals surface area contributed by atoms with Crippen molar-refractivity contribution >= 4 is 43.5 Å². The van der Waals surface area contributed by atoms with Crippen LogP contribution in [0.25, 0.3) is 111 Å². The first-order chi connectivity index (χ1) is 28.7. The Kier molecular flexibility index (Phi) is 7.26. The quantitative estimate of drug-likeness (QED) is 0.165. The van der Waals surface area contributed by atoms with E-state index in [0.29, 0.717) is 17.5 Å². The largest absolute Gasteiger partial charge is 0.455 e. The first-order valence-electron chi connectivity index (χ1n) is 19.7. The van der Waals surface area contributed by atoms with Gasteiger partial charge in [-0.1, -0.05) is 164 Å². The van der Waals surface area contributed by atoms with Crippen LogP contribution in [0, 0.1) is 0 Å². The molecule has 0 amide bonds. The van der Waals surface area contributed by atoms with Crippen molar-refractivity contribution in [2.24, 2.45) is 0 Å². The maximum Gasteiger partial charge on any atom is 0.167 e. The summed E-state index contributed by atoms with van der Waals surface area (Å²) in [5.74, 6) is 1.80. The van der Waals surface area contributed by atoms with Crippen molar-refractivity contribution in [2.75, 3.05) is 0 Å². The summed E-state index contributed by atoms with van der Waals surface area (Å²) in [6, 6.07) is 66.7. The van der Waals surface area contributed by atoms with Crippen molar-refractivity contribution in [3.05, 3.63) is 199 Å². The van der Waals surface area contributed by atoms with E-state index < -0.39 is 0 Å². The van der Waals surface area contributed by atoms with E-state index in [1.807, 2.05) is 60.7 Å². The molecule has 1 aliphatic carbocycles. The monoisotopic (exact) mass is 739 g/mol. The summed E-state index contributed by atoms with van der Waals surface area (Å²) in [4.78, 5) is 15.2. The predicted molar refractivity (Wildman–Crippen MR) is 238 cm³/mol. The molecule has 9 aromatic carbocycles. The molecule has 270 valence electrons. The minimum absolute atomic E-state index is 0.574. The van der Waals surface area contributed by atoms with E-state index in [0.717, 1.165) is 50.6 Å². The highest BCUT2D eigenvalue weighted by Gasteiger charge is 2.24. The number of rotatable bonds is 5. The Balaban J connectivity index is 0.960. The Morgan fingerprint density at radius 1 is 0.345 bits per heavy atom. The number of hydrogen-bond acceptors (Lipinski definition) is 4. The standard InChI is InChI=1S/C54H33N3O/c1-2-12-34(13-3-1)52-55-53(57-54(56-52)46-22-11-21-45-44-19-8-9-23-49(44)58-51(45)46)35-26-24-33(25-27-35)41-20-10-15-39-30-37-28-29-38(32-48(37)50(39)41)47-31-36-14-4-5-16-40(36)42-17-6-7-18-43(42)47/h1-29,31-32H,30H2. The van der Waals surface area contributed by atoms with Gasteiger partial charge in [-0.15, -0.1) is 0 Å². The lowest BCUT2D eigenvalue weighted by atomic mass is 9.90. The number of fused-ring (bicyclic) bond motifs is 9. The predicted octanol–water partition coefficient (Wildman–Crippen LogP) is 14.0. The third-order valence-corrected chi connectivity index (χ3v) is 11.8. The second-order valence-electron chi connectivity index (χ2n) is 15.1. The molecule has 2 aromatic heterocycles. The van der Waals surface area contributed by atoms with Gasteiger partial charge in [-0.25, -0.2) is 15.0 Å². The average Bonchev–Trinajstić information content (AvgIpc) is 3.87. The van der Waals surface area contributed by atoms with Crippen molar-refractivity contribution < 1.29 is 4.42 Å². The van der Waals surface area contributed by atoms with E-state index >= 15 is 0 Å². The lowest BCUT2D eigenvalue weighted by Crippen LogP contribution is -2.00. The van der Waals surface area contributed by atoms with E-state index in [1.54, 1.807) is 0 Å². The van der Waals surface area contributed by atoms with Gasteiger partial charge in [0.2, 0.25) is 0 Å². The average molecular weight is 740 g/mol. The van der Waals surface area contributed by atoms with Gasteiger partial charge >= 0.3 is 0 Å². The number of nitrogens with zero attached hydrogens (tertiary/aromatic N) is 3. The zero-order chi connectivity index (χ0) is 38.2. The van der Waals surface area contributed by atoms with Gasteiger partial charge in [0.25, 0.3) is 0 Å². The summed E-state index contributed by atoms with van der Waals surface area (Å²) in [5, 5.41) is 7.20. The normalized spacial score (nSPS) is 12.1. The summed E-state index contributed by atoms with van der Waals surface area (Å²) in [5.41, 5.74) is 14.5. The van der Waals surface area contributed by atoms with Gasteiger partial charge < -0.3 is 4.42 Å². The lowest BCUT2D eigenvalue weighted by Gasteiger charge is -2.14. The topological polar surface area (TPSA) is 51.8 Å². The maximum absolute atomic E-state index is 6.42. The van der Waals surface area contributed by atoms with Crippen LogP contribution in [0.3, 0.4) is 0 Å². The van der Waals surface area contributed by atoms with Gasteiger partial charge in [0, 0.05) is 21.9 Å². The zero-order valence-corrected chi connectivity index (χ0v) is 31.4. The molecule has 4 heteroatoms. The van der Waals surface area contributed by atoms with Crippen LogP contribution in [0.2, 0.25) is 0 Å². The van der Waals surface area contributed by atoms with Crippen molar-refractivity contribution in [1.82, 2.24) is 15.0 Å². The van der Waals surface area contributed by atoms with E-state index in [9.17, 15) is 0 Å². The summed E-state index contributed by atoms with van der Waals surface area (Å²) >= 11 is 0.